The summed E-state index contributed by atoms with van der Waals surface area (Å²) in [6.45, 7) is 0. The van der Waals surface area contributed by atoms with Crippen molar-refractivity contribution in [3.63, 3.8) is 0 Å². The van der Waals surface area contributed by atoms with Crippen LogP contribution in [-0.4, -0.2) is 25.5 Å². The van der Waals surface area contributed by atoms with Gasteiger partial charge >= 0.3 is 6.18 Å². The van der Waals surface area contributed by atoms with Gasteiger partial charge in [-0.2, -0.15) is 13.2 Å². The molecule has 0 saturated carbocycles. The number of benzene rings is 2. The Bertz CT molecular complexity index is 965. The number of phenols is 3. The van der Waals surface area contributed by atoms with Gasteiger partial charge in [0, 0.05) is 0 Å². The zero-order valence-electron chi connectivity index (χ0n) is 13.2. The maximum atomic E-state index is 12.9. The second-order valence-electron chi connectivity index (χ2n) is 5.47. The number of hydrogen-bond donors (Lipinski definition) is 3. The van der Waals surface area contributed by atoms with E-state index < -0.39 is 34.9 Å². The van der Waals surface area contributed by atoms with Crippen molar-refractivity contribution in [2.45, 2.75) is 6.18 Å². The average Bonchev–Trinajstić information content (AvgIpc) is 2.85. The monoisotopic (exact) mass is 413 g/mol. The molecule has 0 bridgehead atoms. The van der Waals surface area contributed by atoms with Gasteiger partial charge in [0.15, 0.2) is 21.6 Å². The summed E-state index contributed by atoms with van der Waals surface area (Å²) in [6, 6.07) is 6.46. The Morgan fingerprint density at radius 3 is 2.30 bits per heavy atom. The molecule has 1 heterocycles. The molecule has 10 heteroatoms. The van der Waals surface area contributed by atoms with E-state index in [4.69, 9.17) is 12.2 Å². The zero-order chi connectivity index (χ0) is 19.9. The Labute approximate surface area is 160 Å². The number of thioether (sulfide) groups is 1. The number of carbonyl (C=O) groups is 1. The Morgan fingerprint density at radius 2 is 1.70 bits per heavy atom. The standard InChI is InChI=1S/C17H10F3NO4S2/c18-17(19,20)9-2-1-3-10(7-9)21-15(25)13(27-16(21)26)6-8-4-11(22)14(24)12(23)5-8/h1-7,22-24H/b13-6+. The number of rotatable bonds is 2. The lowest BCUT2D eigenvalue weighted by Crippen LogP contribution is -2.27. The molecule has 140 valence electrons. The quantitative estimate of drug-likeness (QED) is 0.389. The molecule has 1 aliphatic heterocycles. The fraction of sp³-hybridized carbons (Fsp3) is 0.0588. The van der Waals surface area contributed by atoms with Crippen molar-refractivity contribution in [2.24, 2.45) is 0 Å². The van der Waals surface area contributed by atoms with E-state index in [1.54, 1.807) is 0 Å². The first-order chi connectivity index (χ1) is 12.6. The lowest BCUT2D eigenvalue weighted by Gasteiger charge is -2.16. The molecular weight excluding hydrogens is 403 g/mol. The molecule has 27 heavy (non-hydrogen) atoms. The van der Waals surface area contributed by atoms with Gasteiger partial charge < -0.3 is 15.3 Å². The highest BCUT2D eigenvalue weighted by Crippen LogP contribution is 2.40. The minimum atomic E-state index is -4.56. The predicted molar refractivity (Wildman–Crippen MR) is 98.5 cm³/mol. The van der Waals surface area contributed by atoms with Crippen LogP contribution in [0.15, 0.2) is 41.3 Å². The molecule has 0 unspecified atom stereocenters. The van der Waals surface area contributed by atoms with Crippen LogP contribution in [0.2, 0.25) is 0 Å². The van der Waals surface area contributed by atoms with Crippen molar-refractivity contribution in [3.8, 4) is 17.2 Å². The third-order valence-electron chi connectivity index (χ3n) is 3.62. The summed E-state index contributed by atoms with van der Waals surface area (Å²) < 4.78 is 38.7. The Kier molecular flexibility index (Phi) is 4.79. The smallest absolute Gasteiger partial charge is 0.416 e. The topological polar surface area (TPSA) is 81.0 Å². The molecule has 1 saturated heterocycles. The summed E-state index contributed by atoms with van der Waals surface area (Å²) in [7, 11) is 0. The van der Waals surface area contributed by atoms with Crippen molar-refractivity contribution in [1.82, 2.24) is 0 Å². The number of phenolic OH excluding ortho intramolecular Hbond substituents is 3. The molecule has 0 aromatic heterocycles. The number of nitrogens with zero attached hydrogens (tertiary/aromatic N) is 1. The van der Waals surface area contributed by atoms with E-state index in [0.717, 1.165) is 40.9 Å². The van der Waals surface area contributed by atoms with Crippen molar-refractivity contribution in [2.75, 3.05) is 4.90 Å². The van der Waals surface area contributed by atoms with Crippen LogP contribution in [0.4, 0.5) is 18.9 Å². The molecule has 0 radical (unpaired) electrons. The van der Waals surface area contributed by atoms with Crippen molar-refractivity contribution >= 4 is 46.0 Å². The lowest BCUT2D eigenvalue weighted by atomic mass is 10.1. The SMILES string of the molecule is O=C1/C(=C\c2cc(O)c(O)c(O)c2)SC(=S)N1c1cccc(C(F)(F)F)c1. The van der Waals surface area contributed by atoms with Crippen LogP contribution >= 0.6 is 24.0 Å². The van der Waals surface area contributed by atoms with Gasteiger partial charge in [-0.1, -0.05) is 30.0 Å². The van der Waals surface area contributed by atoms with E-state index in [1.807, 2.05) is 0 Å². The van der Waals surface area contributed by atoms with Crippen LogP contribution in [-0.2, 0) is 11.0 Å². The first kappa shape index (κ1) is 19.1. The summed E-state index contributed by atoms with van der Waals surface area (Å²) in [5.74, 6) is -2.52. The van der Waals surface area contributed by atoms with Crippen LogP contribution in [0.25, 0.3) is 6.08 Å². The highest BCUT2D eigenvalue weighted by molar-refractivity contribution is 8.27. The van der Waals surface area contributed by atoms with Crippen LogP contribution in [0.1, 0.15) is 11.1 Å². The molecule has 0 spiro atoms. The van der Waals surface area contributed by atoms with Crippen molar-refractivity contribution in [3.05, 3.63) is 52.4 Å². The summed E-state index contributed by atoms with van der Waals surface area (Å²) in [4.78, 5) is 13.7. The molecule has 1 amide bonds. The molecule has 3 rings (SSSR count). The number of carbonyl (C=O) groups excluding carboxylic acids is 1. The van der Waals surface area contributed by atoms with Crippen LogP contribution in [0, 0.1) is 0 Å². The molecule has 2 aromatic carbocycles. The lowest BCUT2D eigenvalue weighted by molar-refractivity contribution is -0.137. The Hall–Kier alpha value is -2.72. The van der Waals surface area contributed by atoms with E-state index in [0.29, 0.717) is 0 Å². The number of alkyl halides is 3. The van der Waals surface area contributed by atoms with Gasteiger partial charge in [-0.3, -0.25) is 9.69 Å². The summed E-state index contributed by atoms with van der Waals surface area (Å²) >= 11 is 5.97. The van der Waals surface area contributed by atoms with Crippen molar-refractivity contribution in [1.29, 1.82) is 0 Å². The summed E-state index contributed by atoms with van der Waals surface area (Å²) in [6.07, 6.45) is -3.26. The third-order valence-corrected chi connectivity index (χ3v) is 4.92. The fourth-order valence-corrected chi connectivity index (χ4v) is 3.67. The number of thiocarbonyl (C=S) groups is 1. The fourth-order valence-electron chi connectivity index (χ4n) is 2.37. The van der Waals surface area contributed by atoms with Crippen molar-refractivity contribution < 1.29 is 33.3 Å². The van der Waals surface area contributed by atoms with Gasteiger partial charge in [-0.25, -0.2) is 0 Å². The normalized spacial score (nSPS) is 16.4. The van der Waals surface area contributed by atoms with Gasteiger partial charge in [0.05, 0.1) is 16.2 Å². The highest BCUT2D eigenvalue weighted by Gasteiger charge is 2.36. The zero-order valence-corrected chi connectivity index (χ0v) is 14.8. The molecule has 3 N–H and O–H groups in total. The first-order valence-corrected chi connectivity index (χ1v) is 8.50. The van der Waals surface area contributed by atoms with E-state index in [2.05, 4.69) is 0 Å². The predicted octanol–water partition coefficient (Wildman–Crippen LogP) is 4.23. The highest BCUT2D eigenvalue weighted by atomic mass is 32.2. The van der Waals surface area contributed by atoms with Gasteiger partial charge in [0.1, 0.15) is 0 Å². The van der Waals surface area contributed by atoms with Gasteiger partial charge in [0.2, 0.25) is 0 Å². The van der Waals surface area contributed by atoms with Gasteiger partial charge in [0.25, 0.3) is 5.91 Å². The largest absolute Gasteiger partial charge is 0.504 e. The summed E-state index contributed by atoms with van der Waals surface area (Å²) in [5, 5.41) is 28.4. The number of amides is 1. The van der Waals surface area contributed by atoms with Gasteiger partial charge in [-0.15, -0.1) is 0 Å². The minimum absolute atomic E-state index is 0.0212. The maximum absolute atomic E-state index is 12.9. The van der Waals surface area contributed by atoms with E-state index in [1.165, 1.54) is 18.2 Å². The molecular formula is C17H10F3NO4S2. The Morgan fingerprint density at radius 1 is 1.07 bits per heavy atom. The third kappa shape index (κ3) is 3.71. The number of anilines is 1. The van der Waals surface area contributed by atoms with Gasteiger partial charge in [-0.05, 0) is 42.0 Å². The molecule has 0 aliphatic carbocycles. The van der Waals surface area contributed by atoms with E-state index >= 15 is 0 Å². The molecule has 5 nitrogen and oxygen atoms in total. The molecule has 2 aromatic rings. The minimum Gasteiger partial charge on any atom is -0.504 e. The molecule has 1 aliphatic rings. The van der Waals surface area contributed by atoms with E-state index in [9.17, 15) is 33.3 Å². The number of halogens is 3. The second kappa shape index (κ2) is 6.78. The molecule has 1 fully saturated rings. The van der Waals surface area contributed by atoms with Crippen LogP contribution in [0.5, 0.6) is 17.2 Å². The first-order valence-electron chi connectivity index (χ1n) is 7.28. The maximum Gasteiger partial charge on any atom is 0.416 e. The Balaban J connectivity index is 1.97. The number of aromatic hydroxyl groups is 3. The number of hydrogen-bond acceptors (Lipinski definition) is 6. The van der Waals surface area contributed by atoms with Crippen LogP contribution in [0.3, 0.4) is 0 Å². The molecule has 0 atom stereocenters. The van der Waals surface area contributed by atoms with E-state index in [-0.39, 0.29) is 20.5 Å². The summed E-state index contributed by atoms with van der Waals surface area (Å²) in [5.41, 5.74) is -0.731. The average molecular weight is 413 g/mol. The second-order valence-corrected chi connectivity index (χ2v) is 7.15. The van der Waals surface area contributed by atoms with Crippen LogP contribution < -0.4 is 4.90 Å².